The number of piperazine rings is 1. The minimum atomic E-state index is -0.439. The lowest BCUT2D eigenvalue weighted by molar-refractivity contribution is -0.137. The van der Waals surface area contributed by atoms with Crippen LogP contribution in [0.2, 0.25) is 0 Å². The highest BCUT2D eigenvalue weighted by molar-refractivity contribution is 5.90. The number of ether oxygens (including phenoxy) is 1. The predicted molar refractivity (Wildman–Crippen MR) is 84.5 cm³/mol. The third kappa shape index (κ3) is 5.30. The van der Waals surface area contributed by atoms with Crippen LogP contribution in [0, 0.1) is 5.82 Å². The third-order valence-corrected chi connectivity index (χ3v) is 3.80. The number of methoxy groups -OCH3 is 1. The van der Waals surface area contributed by atoms with Gasteiger partial charge in [0, 0.05) is 46.3 Å². The molecule has 0 aromatic heterocycles. The van der Waals surface area contributed by atoms with Gasteiger partial charge in [0.2, 0.25) is 11.8 Å². The van der Waals surface area contributed by atoms with Crippen LogP contribution in [0.4, 0.5) is 10.1 Å². The summed E-state index contributed by atoms with van der Waals surface area (Å²) in [5.41, 5.74) is 0.201. The molecule has 1 heterocycles. The van der Waals surface area contributed by atoms with Crippen molar-refractivity contribution < 1.29 is 18.7 Å². The fraction of sp³-hybridized carbons (Fsp3) is 0.500. The van der Waals surface area contributed by atoms with Gasteiger partial charge in [-0.1, -0.05) is 12.1 Å². The molecule has 1 aliphatic heterocycles. The molecular weight excluding hydrogens is 301 g/mol. The highest BCUT2D eigenvalue weighted by Crippen LogP contribution is 2.12. The number of para-hydroxylation sites is 1. The summed E-state index contributed by atoms with van der Waals surface area (Å²) in [6, 6.07) is 6.10. The van der Waals surface area contributed by atoms with E-state index in [1.807, 2.05) is 0 Å². The van der Waals surface area contributed by atoms with Crippen LogP contribution in [0.15, 0.2) is 24.3 Å². The summed E-state index contributed by atoms with van der Waals surface area (Å²) < 4.78 is 18.3. The number of amides is 2. The lowest BCUT2D eigenvalue weighted by Crippen LogP contribution is -2.50. The zero-order valence-corrected chi connectivity index (χ0v) is 13.3. The molecule has 0 aliphatic carbocycles. The van der Waals surface area contributed by atoms with Gasteiger partial charge in [-0.3, -0.25) is 14.5 Å². The molecule has 2 amide bonds. The molecular formula is C16H22FN3O3. The van der Waals surface area contributed by atoms with Gasteiger partial charge in [-0.05, 0) is 12.1 Å². The fourth-order valence-corrected chi connectivity index (χ4v) is 2.47. The Hall–Kier alpha value is -1.99. The number of hydrogen-bond acceptors (Lipinski definition) is 4. The first-order chi connectivity index (χ1) is 11.1. The summed E-state index contributed by atoms with van der Waals surface area (Å²) in [6.45, 7) is 3.41. The minimum Gasteiger partial charge on any atom is -0.375 e. The van der Waals surface area contributed by atoms with Gasteiger partial charge in [-0.15, -0.1) is 0 Å². The fourth-order valence-electron chi connectivity index (χ4n) is 2.47. The second-order valence-electron chi connectivity index (χ2n) is 5.43. The van der Waals surface area contributed by atoms with Crippen LogP contribution in [0.1, 0.15) is 6.42 Å². The monoisotopic (exact) mass is 323 g/mol. The maximum absolute atomic E-state index is 13.5. The van der Waals surface area contributed by atoms with E-state index in [2.05, 4.69) is 10.2 Å². The number of rotatable bonds is 6. The van der Waals surface area contributed by atoms with Crippen molar-refractivity contribution in [2.45, 2.75) is 6.42 Å². The van der Waals surface area contributed by atoms with Gasteiger partial charge < -0.3 is 15.0 Å². The molecule has 1 fully saturated rings. The zero-order chi connectivity index (χ0) is 16.7. The Morgan fingerprint density at radius 1 is 1.22 bits per heavy atom. The smallest absolute Gasteiger partial charge is 0.248 e. The second-order valence-corrected chi connectivity index (χ2v) is 5.43. The Balaban J connectivity index is 1.70. The maximum atomic E-state index is 13.5. The Kier molecular flexibility index (Phi) is 6.49. The highest BCUT2D eigenvalue weighted by atomic mass is 19.1. The van der Waals surface area contributed by atoms with Crippen molar-refractivity contribution in [3.05, 3.63) is 30.1 Å². The number of carbonyl (C=O) groups is 2. The molecule has 23 heavy (non-hydrogen) atoms. The van der Waals surface area contributed by atoms with Crippen molar-refractivity contribution in [1.82, 2.24) is 9.80 Å². The number of nitrogens with zero attached hydrogens (tertiary/aromatic N) is 2. The molecule has 0 spiro atoms. The van der Waals surface area contributed by atoms with Gasteiger partial charge in [0.05, 0.1) is 5.69 Å². The van der Waals surface area contributed by atoms with Crippen molar-refractivity contribution in [3.8, 4) is 0 Å². The lowest BCUT2D eigenvalue weighted by Gasteiger charge is -2.34. The van der Waals surface area contributed by atoms with Crippen LogP contribution in [0.5, 0.6) is 0 Å². The Bertz CT molecular complexity index is 545. The number of nitrogens with one attached hydrogen (secondary N) is 1. The first kappa shape index (κ1) is 17.4. The van der Waals surface area contributed by atoms with E-state index in [1.165, 1.54) is 19.2 Å². The Labute approximate surface area is 135 Å². The van der Waals surface area contributed by atoms with Gasteiger partial charge in [0.25, 0.3) is 0 Å². The molecule has 0 radical (unpaired) electrons. The molecule has 0 unspecified atom stereocenters. The molecule has 0 atom stereocenters. The van der Waals surface area contributed by atoms with E-state index < -0.39 is 5.82 Å². The molecule has 1 aromatic rings. The minimum absolute atomic E-state index is 0.00977. The average Bonchev–Trinajstić information content (AvgIpc) is 2.56. The van der Waals surface area contributed by atoms with E-state index >= 15 is 0 Å². The van der Waals surface area contributed by atoms with Crippen LogP contribution >= 0.6 is 0 Å². The van der Waals surface area contributed by atoms with Crippen molar-refractivity contribution in [2.75, 3.05) is 51.8 Å². The Morgan fingerprint density at radius 3 is 2.57 bits per heavy atom. The number of benzene rings is 1. The van der Waals surface area contributed by atoms with Crippen molar-refractivity contribution in [1.29, 1.82) is 0 Å². The molecule has 1 N–H and O–H groups in total. The standard InChI is InChI=1S/C16H22FN3O3/c1-23-12-16(22)20-10-8-19(9-11-20)7-6-15(21)18-14-5-3-2-4-13(14)17/h2-5H,6-12H2,1H3,(H,18,21). The molecule has 126 valence electrons. The summed E-state index contributed by atoms with van der Waals surface area (Å²) in [4.78, 5) is 27.5. The first-order valence-corrected chi connectivity index (χ1v) is 7.63. The van der Waals surface area contributed by atoms with Crippen LogP contribution < -0.4 is 5.32 Å². The van der Waals surface area contributed by atoms with Gasteiger partial charge in [0.15, 0.2) is 0 Å². The second kappa shape index (κ2) is 8.59. The largest absolute Gasteiger partial charge is 0.375 e. The first-order valence-electron chi connectivity index (χ1n) is 7.63. The summed E-state index contributed by atoms with van der Waals surface area (Å²) in [6.07, 6.45) is 0.292. The van der Waals surface area contributed by atoms with Crippen molar-refractivity contribution in [3.63, 3.8) is 0 Å². The number of halogens is 1. The van der Waals surface area contributed by atoms with Gasteiger partial charge in [0.1, 0.15) is 12.4 Å². The number of hydrogen-bond donors (Lipinski definition) is 1. The molecule has 1 aromatic carbocycles. The topological polar surface area (TPSA) is 61.9 Å². The molecule has 1 saturated heterocycles. The number of anilines is 1. The molecule has 0 bridgehead atoms. The van der Waals surface area contributed by atoms with E-state index in [0.29, 0.717) is 26.1 Å². The summed E-state index contributed by atoms with van der Waals surface area (Å²) in [7, 11) is 1.50. The lowest BCUT2D eigenvalue weighted by atomic mass is 10.2. The van der Waals surface area contributed by atoms with E-state index in [0.717, 1.165) is 13.1 Å². The van der Waals surface area contributed by atoms with E-state index in [9.17, 15) is 14.0 Å². The predicted octanol–water partition coefficient (Wildman–Crippen LogP) is 0.945. The normalized spacial score (nSPS) is 15.5. The van der Waals surface area contributed by atoms with Crippen LogP contribution in [-0.2, 0) is 14.3 Å². The van der Waals surface area contributed by atoms with Gasteiger partial charge >= 0.3 is 0 Å². The van der Waals surface area contributed by atoms with Gasteiger partial charge in [-0.25, -0.2) is 4.39 Å². The molecule has 6 nitrogen and oxygen atoms in total. The molecule has 0 saturated carbocycles. The van der Waals surface area contributed by atoms with E-state index in [-0.39, 0.29) is 24.1 Å². The molecule has 1 aliphatic rings. The van der Waals surface area contributed by atoms with Crippen LogP contribution in [0.3, 0.4) is 0 Å². The van der Waals surface area contributed by atoms with E-state index in [1.54, 1.807) is 17.0 Å². The van der Waals surface area contributed by atoms with Gasteiger partial charge in [-0.2, -0.15) is 0 Å². The summed E-state index contributed by atoms with van der Waals surface area (Å²) in [5, 5.41) is 2.57. The third-order valence-electron chi connectivity index (χ3n) is 3.80. The van der Waals surface area contributed by atoms with Crippen LogP contribution in [0.25, 0.3) is 0 Å². The SMILES string of the molecule is COCC(=O)N1CCN(CCC(=O)Nc2ccccc2F)CC1. The Morgan fingerprint density at radius 2 is 1.91 bits per heavy atom. The quantitative estimate of drug-likeness (QED) is 0.846. The van der Waals surface area contributed by atoms with Crippen molar-refractivity contribution in [2.24, 2.45) is 0 Å². The van der Waals surface area contributed by atoms with Crippen molar-refractivity contribution >= 4 is 17.5 Å². The number of carbonyl (C=O) groups excluding carboxylic acids is 2. The van der Waals surface area contributed by atoms with Crippen LogP contribution in [-0.4, -0.2) is 68.1 Å². The maximum Gasteiger partial charge on any atom is 0.248 e. The zero-order valence-electron chi connectivity index (χ0n) is 13.3. The highest BCUT2D eigenvalue weighted by Gasteiger charge is 2.21. The summed E-state index contributed by atoms with van der Waals surface area (Å²) >= 11 is 0. The molecule has 7 heteroatoms. The van der Waals surface area contributed by atoms with E-state index in [4.69, 9.17) is 4.74 Å². The molecule has 2 rings (SSSR count). The average molecular weight is 323 g/mol. The summed E-state index contributed by atoms with van der Waals surface area (Å²) in [5.74, 6) is -0.663.